The molecule has 1 aliphatic rings. The van der Waals surface area contributed by atoms with Gasteiger partial charge in [0.2, 0.25) is 0 Å². The largest absolute Gasteiger partial charge is 0.490 e. The lowest BCUT2D eigenvalue weighted by molar-refractivity contribution is -0.118. The van der Waals surface area contributed by atoms with Crippen molar-refractivity contribution in [2.45, 2.75) is 34.1 Å². The molecule has 6 nitrogen and oxygen atoms in total. The number of anilines is 2. The van der Waals surface area contributed by atoms with E-state index >= 15 is 0 Å². The van der Waals surface area contributed by atoms with Gasteiger partial charge in [0.05, 0.1) is 17.2 Å². The summed E-state index contributed by atoms with van der Waals surface area (Å²) in [6.07, 6.45) is 2.72. The van der Waals surface area contributed by atoms with Crippen molar-refractivity contribution in [2.75, 3.05) is 23.4 Å². The number of benzene rings is 3. The molecule has 3 aromatic rings. The van der Waals surface area contributed by atoms with E-state index in [1.54, 1.807) is 23.1 Å². The van der Waals surface area contributed by atoms with Gasteiger partial charge in [-0.15, -0.1) is 0 Å². The molecular weight excluding hydrogens is 516 g/mol. The lowest BCUT2D eigenvalue weighted by Gasteiger charge is -2.15. The summed E-state index contributed by atoms with van der Waals surface area (Å²) in [5, 5.41) is 2.88. The molecule has 2 amide bonds. The number of ether oxygens (including phenoxy) is 2. The van der Waals surface area contributed by atoms with Crippen LogP contribution in [0.2, 0.25) is 0 Å². The van der Waals surface area contributed by atoms with E-state index in [2.05, 4.69) is 12.2 Å². The zero-order valence-corrected chi connectivity index (χ0v) is 23.5. The van der Waals surface area contributed by atoms with Crippen LogP contribution in [0, 0.1) is 13.8 Å². The van der Waals surface area contributed by atoms with Crippen LogP contribution in [0.5, 0.6) is 11.5 Å². The Balaban J connectivity index is 1.47. The number of amides is 2. The van der Waals surface area contributed by atoms with E-state index in [1.807, 2.05) is 69.3 Å². The summed E-state index contributed by atoms with van der Waals surface area (Å²) in [7, 11) is 0. The maximum atomic E-state index is 13.2. The first-order valence-corrected chi connectivity index (χ1v) is 13.6. The van der Waals surface area contributed by atoms with E-state index in [0.29, 0.717) is 27.3 Å². The number of hydrogen-bond acceptors (Lipinski definition) is 6. The van der Waals surface area contributed by atoms with E-state index in [9.17, 15) is 9.59 Å². The summed E-state index contributed by atoms with van der Waals surface area (Å²) >= 11 is 6.77. The smallest absolute Gasteiger partial charge is 0.270 e. The molecule has 0 aromatic heterocycles. The fourth-order valence-electron chi connectivity index (χ4n) is 4.01. The Bertz CT molecular complexity index is 1400. The lowest BCUT2D eigenvalue weighted by Crippen LogP contribution is -2.27. The van der Waals surface area contributed by atoms with Gasteiger partial charge in [0.15, 0.2) is 22.4 Å². The maximum absolute atomic E-state index is 13.2. The first-order valence-electron chi connectivity index (χ1n) is 12.4. The zero-order chi connectivity index (χ0) is 27.2. The first-order chi connectivity index (χ1) is 18.3. The number of hydrogen-bond donors (Lipinski definition) is 1. The van der Waals surface area contributed by atoms with E-state index in [1.165, 1.54) is 17.3 Å². The van der Waals surface area contributed by atoms with Crippen LogP contribution in [-0.2, 0) is 16.0 Å². The van der Waals surface area contributed by atoms with Crippen LogP contribution in [0.1, 0.15) is 36.1 Å². The van der Waals surface area contributed by atoms with E-state index in [4.69, 9.17) is 21.7 Å². The van der Waals surface area contributed by atoms with Gasteiger partial charge in [0.25, 0.3) is 11.8 Å². The van der Waals surface area contributed by atoms with Crippen molar-refractivity contribution in [3.63, 3.8) is 0 Å². The highest BCUT2D eigenvalue weighted by Crippen LogP contribution is 2.37. The van der Waals surface area contributed by atoms with Gasteiger partial charge in [-0.05, 0) is 80.3 Å². The number of carbonyl (C=O) groups is 2. The van der Waals surface area contributed by atoms with Crippen molar-refractivity contribution in [3.8, 4) is 11.5 Å². The highest BCUT2D eigenvalue weighted by Gasteiger charge is 2.33. The van der Waals surface area contributed by atoms with Crippen LogP contribution < -0.4 is 19.7 Å². The Morgan fingerprint density at radius 3 is 2.45 bits per heavy atom. The Morgan fingerprint density at radius 2 is 1.76 bits per heavy atom. The third kappa shape index (κ3) is 6.44. The number of thioether (sulfide) groups is 1. The number of carbonyl (C=O) groups excluding carboxylic acids is 2. The summed E-state index contributed by atoms with van der Waals surface area (Å²) < 4.78 is 12.0. The van der Waals surface area contributed by atoms with Crippen LogP contribution in [-0.4, -0.2) is 29.3 Å². The molecule has 1 heterocycles. The van der Waals surface area contributed by atoms with Gasteiger partial charge in [-0.1, -0.05) is 66.8 Å². The van der Waals surface area contributed by atoms with Crippen molar-refractivity contribution in [2.24, 2.45) is 0 Å². The van der Waals surface area contributed by atoms with Crippen LogP contribution >= 0.6 is 24.0 Å². The van der Waals surface area contributed by atoms with Crippen molar-refractivity contribution in [1.82, 2.24) is 0 Å². The Labute approximate surface area is 233 Å². The molecule has 0 atom stereocenters. The Morgan fingerprint density at radius 1 is 1.00 bits per heavy atom. The molecule has 0 saturated carbocycles. The summed E-state index contributed by atoms with van der Waals surface area (Å²) in [6, 6.07) is 19.1. The van der Waals surface area contributed by atoms with E-state index in [0.717, 1.165) is 34.5 Å². The molecule has 0 radical (unpaired) electrons. The van der Waals surface area contributed by atoms with Crippen LogP contribution in [0.4, 0.5) is 11.4 Å². The van der Waals surface area contributed by atoms with Gasteiger partial charge in [-0.3, -0.25) is 14.5 Å². The summed E-state index contributed by atoms with van der Waals surface area (Å²) in [4.78, 5) is 27.8. The normalized spacial score (nSPS) is 14.2. The molecule has 1 aliphatic heterocycles. The molecule has 1 saturated heterocycles. The molecule has 0 spiro atoms. The lowest BCUT2D eigenvalue weighted by atomic mass is 10.1. The maximum Gasteiger partial charge on any atom is 0.270 e. The number of thiocarbonyl (C=S) groups is 1. The highest BCUT2D eigenvalue weighted by atomic mass is 32.2. The fourth-order valence-corrected chi connectivity index (χ4v) is 5.31. The molecule has 0 bridgehead atoms. The quantitative estimate of drug-likeness (QED) is 0.238. The molecule has 1 fully saturated rings. The predicted octanol–water partition coefficient (Wildman–Crippen LogP) is 6.69. The minimum Gasteiger partial charge on any atom is -0.490 e. The summed E-state index contributed by atoms with van der Waals surface area (Å²) in [5.41, 5.74) is 5.59. The van der Waals surface area contributed by atoms with Crippen molar-refractivity contribution < 1.29 is 19.1 Å². The zero-order valence-electron chi connectivity index (χ0n) is 21.9. The van der Waals surface area contributed by atoms with Gasteiger partial charge in [0, 0.05) is 5.69 Å². The predicted molar refractivity (Wildman–Crippen MR) is 159 cm³/mol. The number of nitrogens with zero attached hydrogens (tertiary/aromatic N) is 1. The van der Waals surface area contributed by atoms with Gasteiger partial charge in [-0.25, -0.2) is 0 Å². The molecule has 4 rings (SSSR count). The average molecular weight is 547 g/mol. The second-order valence-corrected chi connectivity index (χ2v) is 10.5. The van der Waals surface area contributed by atoms with Gasteiger partial charge in [0.1, 0.15) is 0 Å². The second kappa shape index (κ2) is 12.3. The number of nitrogens with one attached hydrogen (secondary N) is 1. The van der Waals surface area contributed by atoms with Gasteiger partial charge < -0.3 is 14.8 Å². The first kappa shape index (κ1) is 27.4. The number of aryl methyl sites for hydroxylation is 3. The van der Waals surface area contributed by atoms with Crippen LogP contribution in [0.25, 0.3) is 6.08 Å². The molecule has 1 N–H and O–H groups in total. The summed E-state index contributed by atoms with van der Waals surface area (Å²) in [5.74, 6) is 0.513. The van der Waals surface area contributed by atoms with Gasteiger partial charge >= 0.3 is 0 Å². The Hall–Kier alpha value is -3.62. The SMILES string of the molecule is CCOc1cc(/C=C2\SC(=S)N(c3ccc(CC)cc3)C2=O)ccc1OCC(=O)Nc1ccc(C)cc1C. The average Bonchev–Trinajstić information content (AvgIpc) is 3.17. The third-order valence-electron chi connectivity index (χ3n) is 5.98. The topological polar surface area (TPSA) is 67.9 Å². The molecular formula is C30H30N2O4S2. The summed E-state index contributed by atoms with van der Waals surface area (Å²) in [6.45, 7) is 8.18. The standard InChI is InChI=1S/C30H30N2O4S2/c1-5-21-8-11-23(12-9-21)32-29(34)27(38-30(32)37)17-22-10-14-25(26(16-22)35-6-2)36-18-28(33)31-24-13-7-19(3)15-20(24)4/h7-17H,5-6,18H2,1-4H3,(H,31,33)/b27-17-. The monoisotopic (exact) mass is 546 g/mol. The van der Waals surface area contributed by atoms with Crippen molar-refractivity contribution in [3.05, 3.63) is 87.8 Å². The van der Waals surface area contributed by atoms with Crippen molar-refractivity contribution in [1.29, 1.82) is 0 Å². The third-order valence-corrected chi connectivity index (χ3v) is 7.28. The molecule has 0 aliphatic carbocycles. The highest BCUT2D eigenvalue weighted by molar-refractivity contribution is 8.27. The molecule has 0 unspecified atom stereocenters. The molecule has 3 aromatic carbocycles. The van der Waals surface area contributed by atoms with Crippen LogP contribution in [0.15, 0.2) is 65.6 Å². The molecule has 8 heteroatoms. The van der Waals surface area contributed by atoms with Crippen LogP contribution in [0.3, 0.4) is 0 Å². The molecule has 196 valence electrons. The van der Waals surface area contributed by atoms with E-state index < -0.39 is 0 Å². The minimum absolute atomic E-state index is 0.161. The van der Waals surface area contributed by atoms with E-state index in [-0.39, 0.29) is 18.4 Å². The minimum atomic E-state index is -0.265. The van der Waals surface area contributed by atoms with Gasteiger partial charge in [-0.2, -0.15) is 0 Å². The molecule has 38 heavy (non-hydrogen) atoms. The number of rotatable bonds is 9. The Kier molecular flexibility index (Phi) is 8.86. The second-order valence-electron chi connectivity index (χ2n) is 8.83. The fraction of sp³-hybridized carbons (Fsp3) is 0.233. The van der Waals surface area contributed by atoms with Crippen molar-refractivity contribution >= 4 is 57.6 Å².